The first kappa shape index (κ1) is 14.7. The molecule has 0 radical (unpaired) electrons. The summed E-state index contributed by atoms with van der Waals surface area (Å²) >= 11 is 0. The number of carboxylic acid groups (broad SMARTS) is 1. The molecule has 1 aromatic rings. The van der Waals surface area contributed by atoms with Crippen LogP contribution in [0.2, 0.25) is 0 Å². The van der Waals surface area contributed by atoms with Crippen molar-refractivity contribution in [3.63, 3.8) is 0 Å². The van der Waals surface area contributed by atoms with Gasteiger partial charge in [0.25, 0.3) is 6.43 Å². The van der Waals surface area contributed by atoms with Crippen LogP contribution in [0, 0.1) is 10.1 Å². The Morgan fingerprint density at radius 2 is 1.95 bits per heavy atom. The second kappa shape index (κ2) is 4.74. The minimum absolute atomic E-state index is 0.0135. The third kappa shape index (κ3) is 2.74. The summed E-state index contributed by atoms with van der Waals surface area (Å²) in [5, 5.41) is 19.0. The van der Waals surface area contributed by atoms with Crippen molar-refractivity contribution in [1.82, 2.24) is 4.98 Å². The van der Waals surface area contributed by atoms with E-state index in [0.717, 1.165) is 0 Å². The molecule has 19 heavy (non-hydrogen) atoms. The van der Waals surface area contributed by atoms with Crippen LogP contribution in [0.25, 0.3) is 0 Å². The summed E-state index contributed by atoms with van der Waals surface area (Å²) in [6.45, 7) is 0. The molecule has 0 unspecified atom stereocenters. The van der Waals surface area contributed by atoms with E-state index >= 15 is 0 Å². The first-order valence-corrected chi connectivity index (χ1v) is 4.33. The van der Waals surface area contributed by atoms with Gasteiger partial charge in [-0.2, -0.15) is 13.2 Å². The van der Waals surface area contributed by atoms with E-state index in [1.165, 1.54) is 0 Å². The van der Waals surface area contributed by atoms with Crippen molar-refractivity contribution < 1.29 is 36.8 Å². The molecule has 0 aliphatic heterocycles. The van der Waals surface area contributed by atoms with E-state index in [9.17, 15) is 36.9 Å². The standard InChI is InChI=1S/C8H3F5N2O4/c9-6(10)3-2(7(16)17)1-14-5(8(11,12)13)4(3)15(18)19/h1,6H,(H,16,17). The molecule has 0 amide bonds. The minimum atomic E-state index is -5.36. The molecule has 1 N–H and O–H groups in total. The number of nitrogens with zero attached hydrogens (tertiary/aromatic N) is 2. The molecule has 0 spiro atoms. The number of carboxylic acids is 1. The first-order valence-electron chi connectivity index (χ1n) is 4.33. The molecule has 0 aromatic carbocycles. The molecule has 6 nitrogen and oxygen atoms in total. The summed E-state index contributed by atoms with van der Waals surface area (Å²) < 4.78 is 62.5. The Balaban J connectivity index is 3.79. The first-order chi connectivity index (χ1) is 8.57. The van der Waals surface area contributed by atoms with Crippen molar-refractivity contribution in [2.75, 3.05) is 0 Å². The van der Waals surface area contributed by atoms with Gasteiger partial charge in [-0.1, -0.05) is 0 Å². The molecule has 0 saturated heterocycles. The Labute approximate surface area is 100 Å². The second-order valence-corrected chi connectivity index (χ2v) is 3.14. The van der Waals surface area contributed by atoms with E-state index < -0.39 is 46.0 Å². The topological polar surface area (TPSA) is 93.3 Å². The highest BCUT2D eigenvalue weighted by molar-refractivity contribution is 5.90. The third-order valence-corrected chi connectivity index (χ3v) is 1.99. The molecule has 0 fully saturated rings. The lowest BCUT2D eigenvalue weighted by Crippen LogP contribution is -2.17. The smallest absolute Gasteiger partial charge is 0.440 e. The minimum Gasteiger partial charge on any atom is -0.478 e. The number of halogens is 5. The average molecular weight is 286 g/mol. The molecule has 1 aromatic heterocycles. The highest BCUT2D eigenvalue weighted by Crippen LogP contribution is 2.40. The van der Waals surface area contributed by atoms with Crippen molar-refractivity contribution in [2.24, 2.45) is 0 Å². The number of hydrogen-bond donors (Lipinski definition) is 1. The Morgan fingerprint density at radius 1 is 1.42 bits per heavy atom. The van der Waals surface area contributed by atoms with Crippen molar-refractivity contribution in [3.05, 3.63) is 33.1 Å². The summed E-state index contributed by atoms with van der Waals surface area (Å²) in [5.41, 5.74) is -7.39. The molecular weight excluding hydrogens is 283 g/mol. The van der Waals surface area contributed by atoms with Crippen LogP contribution in [0.15, 0.2) is 6.20 Å². The van der Waals surface area contributed by atoms with Gasteiger partial charge in [-0.15, -0.1) is 0 Å². The van der Waals surface area contributed by atoms with E-state index in [4.69, 9.17) is 5.11 Å². The van der Waals surface area contributed by atoms with Crippen molar-refractivity contribution in [2.45, 2.75) is 12.6 Å². The van der Waals surface area contributed by atoms with Gasteiger partial charge in [0.05, 0.1) is 10.5 Å². The fraction of sp³-hybridized carbons (Fsp3) is 0.250. The van der Waals surface area contributed by atoms with Gasteiger partial charge in [-0.3, -0.25) is 10.1 Å². The van der Waals surface area contributed by atoms with Gasteiger partial charge in [0, 0.05) is 6.20 Å². The number of pyridine rings is 1. The third-order valence-electron chi connectivity index (χ3n) is 1.99. The van der Waals surface area contributed by atoms with Gasteiger partial charge < -0.3 is 5.11 Å². The lowest BCUT2D eigenvalue weighted by molar-refractivity contribution is -0.390. The SMILES string of the molecule is O=C(O)c1cnc(C(F)(F)F)c([N+](=O)[O-])c1C(F)F. The van der Waals surface area contributed by atoms with Crippen LogP contribution in [0.5, 0.6) is 0 Å². The molecule has 104 valence electrons. The van der Waals surface area contributed by atoms with Gasteiger partial charge in [0.1, 0.15) is 5.56 Å². The monoisotopic (exact) mass is 286 g/mol. The molecule has 0 atom stereocenters. The highest BCUT2D eigenvalue weighted by atomic mass is 19.4. The summed E-state index contributed by atoms with van der Waals surface area (Å²) in [6.07, 6.45) is -9.11. The predicted molar refractivity (Wildman–Crippen MR) is 47.8 cm³/mol. The van der Waals surface area contributed by atoms with Crippen LogP contribution in [0.1, 0.15) is 28.0 Å². The number of aromatic carboxylic acids is 1. The lowest BCUT2D eigenvalue weighted by Gasteiger charge is -2.11. The van der Waals surface area contributed by atoms with Gasteiger partial charge >= 0.3 is 17.8 Å². The van der Waals surface area contributed by atoms with Crippen LogP contribution < -0.4 is 0 Å². The highest BCUT2D eigenvalue weighted by Gasteiger charge is 2.45. The molecule has 11 heteroatoms. The molecule has 0 bridgehead atoms. The second-order valence-electron chi connectivity index (χ2n) is 3.14. The number of hydrogen-bond acceptors (Lipinski definition) is 4. The average Bonchev–Trinajstić information content (AvgIpc) is 2.25. The van der Waals surface area contributed by atoms with E-state index in [2.05, 4.69) is 4.98 Å². The van der Waals surface area contributed by atoms with Crippen molar-refractivity contribution in [1.29, 1.82) is 0 Å². The maximum atomic E-state index is 12.6. The summed E-state index contributed by atoms with van der Waals surface area (Å²) in [4.78, 5) is 21.9. The molecule has 0 aliphatic carbocycles. The van der Waals surface area contributed by atoms with Crippen LogP contribution >= 0.6 is 0 Å². The fourth-order valence-electron chi connectivity index (χ4n) is 1.30. The largest absolute Gasteiger partial charge is 0.478 e. The normalized spacial score (nSPS) is 11.7. The predicted octanol–water partition coefficient (Wildman–Crippen LogP) is 2.64. The quantitative estimate of drug-likeness (QED) is 0.523. The van der Waals surface area contributed by atoms with Crippen LogP contribution in [-0.4, -0.2) is 21.0 Å². The van der Waals surface area contributed by atoms with E-state index in [1.807, 2.05) is 0 Å². The fourth-order valence-corrected chi connectivity index (χ4v) is 1.30. The Morgan fingerprint density at radius 3 is 2.26 bits per heavy atom. The van der Waals surface area contributed by atoms with E-state index in [1.54, 1.807) is 0 Å². The zero-order chi connectivity index (χ0) is 15.0. The van der Waals surface area contributed by atoms with Gasteiger partial charge in [-0.05, 0) is 0 Å². The number of alkyl halides is 5. The van der Waals surface area contributed by atoms with Gasteiger partial charge in [-0.25, -0.2) is 18.6 Å². The Hall–Kier alpha value is -2.33. The Kier molecular flexibility index (Phi) is 3.68. The zero-order valence-electron chi connectivity index (χ0n) is 8.61. The van der Waals surface area contributed by atoms with E-state index in [0.29, 0.717) is 0 Å². The molecule has 1 heterocycles. The number of aromatic nitrogens is 1. The number of rotatable bonds is 3. The summed E-state index contributed by atoms with van der Waals surface area (Å²) in [5.74, 6) is -2.04. The number of carbonyl (C=O) groups is 1. The Bertz CT molecular complexity index is 543. The van der Waals surface area contributed by atoms with E-state index in [-0.39, 0.29) is 6.20 Å². The van der Waals surface area contributed by atoms with Gasteiger partial charge in [0.15, 0.2) is 0 Å². The van der Waals surface area contributed by atoms with Crippen molar-refractivity contribution >= 4 is 11.7 Å². The maximum absolute atomic E-state index is 12.6. The summed E-state index contributed by atoms with van der Waals surface area (Å²) in [7, 11) is 0. The zero-order valence-corrected chi connectivity index (χ0v) is 8.61. The molecule has 0 saturated carbocycles. The lowest BCUT2D eigenvalue weighted by atomic mass is 10.1. The molecule has 0 aliphatic rings. The van der Waals surface area contributed by atoms with Gasteiger partial charge in [0.2, 0.25) is 5.69 Å². The number of nitro groups is 1. The van der Waals surface area contributed by atoms with Crippen LogP contribution in [0.3, 0.4) is 0 Å². The molecule has 1 rings (SSSR count). The maximum Gasteiger partial charge on any atom is 0.440 e. The summed E-state index contributed by atoms with van der Waals surface area (Å²) in [6, 6.07) is 0. The molecular formula is C8H3F5N2O4. The van der Waals surface area contributed by atoms with Crippen LogP contribution in [-0.2, 0) is 6.18 Å². The van der Waals surface area contributed by atoms with Crippen LogP contribution in [0.4, 0.5) is 27.6 Å². The van der Waals surface area contributed by atoms with Crippen molar-refractivity contribution in [3.8, 4) is 0 Å².